The Hall–Kier alpha value is -2.68. The zero-order chi connectivity index (χ0) is 16.2. The first-order chi connectivity index (χ1) is 11.2. The summed E-state index contributed by atoms with van der Waals surface area (Å²) in [5, 5.41) is 1.25. The van der Waals surface area contributed by atoms with Crippen molar-refractivity contribution >= 4 is 17.0 Å². The Morgan fingerprint density at radius 2 is 1.65 bits per heavy atom. The number of aromatic nitrogens is 1. The van der Waals surface area contributed by atoms with Crippen LogP contribution in [0.25, 0.3) is 17.0 Å². The van der Waals surface area contributed by atoms with E-state index in [1.54, 1.807) is 14.2 Å². The largest absolute Gasteiger partial charge is 0.497 e. The standard InChI is InChI=1S/C10H11NO.C10H10O/c1-11-6-5-8-3-4-9(12-2)7-10(8)11;1-11-10-6-5-8-3-2-4-9(8)7-10/h3-7H,1-2H3;2-3,5-7H,4H2,1H3. The number of allylic oxidation sites excluding steroid dienone is 1. The summed E-state index contributed by atoms with van der Waals surface area (Å²) in [6.45, 7) is 0. The number of aryl methyl sites for hydroxylation is 1. The highest BCUT2D eigenvalue weighted by Crippen LogP contribution is 2.23. The van der Waals surface area contributed by atoms with Gasteiger partial charge < -0.3 is 14.0 Å². The van der Waals surface area contributed by atoms with Crippen LogP contribution in [0.5, 0.6) is 11.5 Å². The Balaban J connectivity index is 0.000000136. The summed E-state index contributed by atoms with van der Waals surface area (Å²) in [4.78, 5) is 0. The summed E-state index contributed by atoms with van der Waals surface area (Å²) in [6.07, 6.45) is 7.41. The number of hydrogen-bond donors (Lipinski definition) is 0. The molecule has 0 atom stereocenters. The van der Waals surface area contributed by atoms with Crippen molar-refractivity contribution in [1.82, 2.24) is 4.57 Å². The van der Waals surface area contributed by atoms with E-state index in [-0.39, 0.29) is 0 Å². The average molecular weight is 307 g/mol. The predicted molar refractivity (Wildman–Crippen MR) is 95.2 cm³/mol. The molecule has 1 aliphatic carbocycles. The molecule has 0 aliphatic heterocycles. The number of benzene rings is 2. The maximum absolute atomic E-state index is 5.13. The molecule has 0 amide bonds. The van der Waals surface area contributed by atoms with Gasteiger partial charge in [-0.1, -0.05) is 18.2 Å². The molecule has 3 heteroatoms. The summed E-state index contributed by atoms with van der Waals surface area (Å²) < 4.78 is 12.3. The summed E-state index contributed by atoms with van der Waals surface area (Å²) in [6, 6.07) is 14.3. The minimum atomic E-state index is 0.907. The molecule has 4 rings (SSSR count). The average Bonchev–Trinajstić information content (AvgIpc) is 3.21. The van der Waals surface area contributed by atoms with Gasteiger partial charge in [0.25, 0.3) is 0 Å². The van der Waals surface area contributed by atoms with E-state index in [9.17, 15) is 0 Å². The molecule has 0 spiro atoms. The molecule has 0 bridgehead atoms. The normalized spacial score (nSPS) is 11.8. The molecule has 0 fully saturated rings. The molecule has 0 saturated heterocycles. The molecular weight excluding hydrogens is 286 g/mol. The van der Waals surface area contributed by atoms with Crippen LogP contribution in [-0.4, -0.2) is 18.8 Å². The van der Waals surface area contributed by atoms with E-state index in [1.807, 2.05) is 31.4 Å². The molecule has 0 N–H and O–H groups in total. The molecule has 23 heavy (non-hydrogen) atoms. The number of hydrogen-bond acceptors (Lipinski definition) is 2. The fraction of sp³-hybridized carbons (Fsp3) is 0.200. The maximum atomic E-state index is 5.13. The van der Waals surface area contributed by atoms with Gasteiger partial charge in [-0.25, -0.2) is 0 Å². The fourth-order valence-electron chi connectivity index (χ4n) is 2.73. The molecule has 1 aliphatic rings. The molecule has 1 aromatic heterocycles. The molecule has 0 saturated carbocycles. The first-order valence-electron chi connectivity index (χ1n) is 7.64. The smallest absolute Gasteiger partial charge is 0.120 e. The summed E-state index contributed by atoms with van der Waals surface area (Å²) in [5.74, 6) is 1.86. The summed E-state index contributed by atoms with van der Waals surface area (Å²) in [5.41, 5.74) is 3.89. The van der Waals surface area contributed by atoms with Crippen molar-refractivity contribution in [2.75, 3.05) is 14.2 Å². The van der Waals surface area contributed by atoms with Gasteiger partial charge >= 0.3 is 0 Å². The molecule has 118 valence electrons. The van der Waals surface area contributed by atoms with Crippen LogP contribution in [0.4, 0.5) is 0 Å². The van der Waals surface area contributed by atoms with E-state index in [0.717, 1.165) is 17.9 Å². The van der Waals surface area contributed by atoms with Crippen molar-refractivity contribution in [3.8, 4) is 11.5 Å². The van der Waals surface area contributed by atoms with E-state index in [2.05, 4.69) is 41.0 Å². The Kier molecular flexibility index (Phi) is 4.38. The second-order valence-electron chi connectivity index (χ2n) is 5.52. The third-order valence-corrected chi connectivity index (χ3v) is 4.08. The van der Waals surface area contributed by atoms with E-state index < -0.39 is 0 Å². The van der Waals surface area contributed by atoms with Crippen molar-refractivity contribution in [2.45, 2.75) is 6.42 Å². The van der Waals surface area contributed by atoms with Crippen LogP contribution in [-0.2, 0) is 13.5 Å². The molecular formula is C20H21NO2. The minimum Gasteiger partial charge on any atom is -0.497 e. The SMILES string of the molecule is COc1ccc2c(c1)CC=C2.COc1ccc2ccn(C)c2c1. The topological polar surface area (TPSA) is 23.4 Å². The van der Waals surface area contributed by atoms with Gasteiger partial charge in [-0.05, 0) is 53.3 Å². The number of fused-ring (bicyclic) bond motifs is 2. The van der Waals surface area contributed by atoms with E-state index in [4.69, 9.17) is 9.47 Å². The lowest BCUT2D eigenvalue weighted by Crippen LogP contribution is -1.86. The van der Waals surface area contributed by atoms with Gasteiger partial charge in [0, 0.05) is 19.3 Å². The number of ether oxygens (including phenoxy) is 2. The number of nitrogens with zero attached hydrogens (tertiary/aromatic N) is 1. The van der Waals surface area contributed by atoms with Crippen molar-refractivity contribution in [2.24, 2.45) is 7.05 Å². The van der Waals surface area contributed by atoms with Crippen LogP contribution >= 0.6 is 0 Å². The highest BCUT2D eigenvalue weighted by molar-refractivity contribution is 5.81. The van der Waals surface area contributed by atoms with Crippen LogP contribution in [0, 0.1) is 0 Å². The van der Waals surface area contributed by atoms with Crippen LogP contribution in [0.2, 0.25) is 0 Å². The van der Waals surface area contributed by atoms with Crippen LogP contribution in [0.3, 0.4) is 0 Å². The molecule has 3 aromatic rings. The zero-order valence-corrected chi connectivity index (χ0v) is 13.7. The lowest BCUT2D eigenvalue weighted by atomic mass is 10.1. The molecule has 0 radical (unpaired) electrons. The monoisotopic (exact) mass is 307 g/mol. The number of methoxy groups -OCH3 is 2. The van der Waals surface area contributed by atoms with E-state index >= 15 is 0 Å². The van der Waals surface area contributed by atoms with Gasteiger partial charge in [-0.15, -0.1) is 0 Å². The summed E-state index contributed by atoms with van der Waals surface area (Å²) >= 11 is 0. The maximum Gasteiger partial charge on any atom is 0.120 e. The van der Waals surface area contributed by atoms with Gasteiger partial charge in [-0.3, -0.25) is 0 Å². The first-order valence-corrected chi connectivity index (χ1v) is 7.64. The lowest BCUT2D eigenvalue weighted by Gasteiger charge is -2.02. The Bertz CT molecular complexity index is 846. The molecule has 1 heterocycles. The van der Waals surface area contributed by atoms with Gasteiger partial charge in [-0.2, -0.15) is 0 Å². The highest BCUT2D eigenvalue weighted by atomic mass is 16.5. The van der Waals surface area contributed by atoms with Crippen LogP contribution < -0.4 is 9.47 Å². The Morgan fingerprint density at radius 3 is 2.43 bits per heavy atom. The lowest BCUT2D eigenvalue weighted by molar-refractivity contribution is 0.414. The zero-order valence-electron chi connectivity index (χ0n) is 13.7. The van der Waals surface area contributed by atoms with Gasteiger partial charge in [0.05, 0.1) is 19.7 Å². The van der Waals surface area contributed by atoms with E-state index in [0.29, 0.717) is 0 Å². The van der Waals surface area contributed by atoms with Crippen molar-refractivity contribution < 1.29 is 9.47 Å². The highest BCUT2D eigenvalue weighted by Gasteiger charge is 2.04. The van der Waals surface area contributed by atoms with E-state index in [1.165, 1.54) is 22.0 Å². The fourth-order valence-corrected chi connectivity index (χ4v) is 2.73. The van der Waals surface area contributed by atoms with Gasteiger partial charge in [0.15, 0.2) is 0 Å². The predicted octanol–water partition coefficient (Wildman–Crippen LogP) is 4.45. The van der Waals surface area contributed by atoms with Crippen molar-refractivity contribution in [3.63, 3.8) is 0 Å². The van der Waals surface area contributed by atoms with Crippen LogP contribution in [0.1, 0.15) is 11.1 Å². The second kappa shape index (κ2) is 6.61. The van der Waals surface area contributed by atoms with Gasteiger partial charge in [0.2, 0.25) is 0 Å². The molecule has 0 unspecified atom stereocenters. The number of rotatable bonds is 2. The second-order valence-corrected chi connectivity index (χ2v) is 5.52. The van der Waals surface area contributed by atoms with Gasteiger partial charge in [0.1, 0.15) is 11.5 Å². The third-order valence-electron chi connectivity index (χ3n) is 4.08. The van der Waals surface area contributed by atoms with Crippen molar-refractivity contribution in [1.29, 1.82) is 0 Å². The molecule has 2 aromatic carbocycles. The molecule has 3 nitrogen and oxygen atoms in total. The Labute approximate surface area is 136 Å². The first kappa shape index (κ1) is 15.2. The van der Waals surface area contributed by atoms with Crippen LogP contribution in [0.15, 0.2) is 54.7 Å². The Morgan fingerprint density at radius 1 is 0.913 bits per heavy atom. The minimum absolute atomic E-state index is 0.907. The third kappa shape index (κ3) is 3.24. The quantitative estimate of drug-likeness (QED) is 0.698. The van der Waals surface area contributed by atoms with Crippen molar-refractivity contribution in [3.05, 3.63) is 65.9 Å². The summed E-state index contributed by atoms with van der Waals surface area (Å²) in [7, 11) is 5.41.